The van der Waals surface area contributed by atoms with E-state index >= 15 is 0 Å². The second kappa shape index (κ2) is 5.48. The molecule has 0 atom stereocenters. The standard InChI is InChI=1S/C15H27NO2/c17-18-14-10-15(11-14)6-8-16(9-7-15)12-13-4-2-1-3-5-13/h13-14,17H,1-12H2. The average Bonchev–Trinajstić information content (AvgIpc) is 2.38. The Hall–Kier alpha value is -0.120. The van der Waals surface area contributed by atoms with E-state index in [0.717, 1.165) is 18.8 Å². The van der Waals surface area contributed by atoms with E-state index in [4.69, 9.17) is 5.26 Å². The zero-order chi connectivity index (χ0) is 12.4. The highest BCUT2D eigenvalue weighted by molar-refractivity contribution is 4.97. The lowest BCUT2D eigenvalue weighted by atomic mass is 9.61. The maximum atomic E-state index is 8.66. The fraction of sp³-hybridized carbons (Fsp3) is 1.00. The summed E-state index contributed by atoms with van der Waals surface area (Å²) in [6, 6.07) is 0. The van der Waals surface area contributed by atoms with E-state index in [-0.39, 0.29) is 6.10 Å². The number of hydrogen-bond donors (Lipinski definition) is 1. The summed E-state index contributed by atoms with van der Waals surface area (Å²) >= 11 is 0. The molecule has 3 fully saturated rings. The molecule has 3 rings (SSSR count). The van der Waals surface area contributed by atoms with Gasteiger partial charge in [0, 0.05) is 6.54 Å². The zero-order valence-corrected chi connectivity index (χ0v) is 11.4. The van der Waals surface area contributed by atoms with E-state index in [1.54, 1.807) is 0 Å². The second-order valence-electron chi connectivity index (χ2n) is 6.94. The van der Waals surface area contributed by atoms with E-state index in [1.807, 2.05) is 0 Å². The molecule has 3 aliphatic rings. The second-order valence-corrected chi connectivity index (χ2v) is 6.94. The van der Waals surface area contributed by atoms with Crippen molar-refractivity contribution in [2.45, 2.75) is 63.9 Å². The van der Waals surface area contributed by atoms with Gasteiger partial charge in [-0.1, -0.05) is 19.3 Å². The Labute approximate surface area is 110 Å². The molecule has 0 aromatic heterocycles. The summed E-state index contributed by atoms with van der Waals surface area (Å²) in [6.45, 7) is 3.89. The third-order valence-corrected chi connectivity index (χ3v) is 5.63. The highest BCUT2D eigenvalue weighted by atomic mass is 17.1. The Bertz CT molecular complexity index is 260. The summed E-state index contributed by atoms with van der Waals surface area (Å²) in [4.78, 5) is 7.14. The zero-order valence-electron chi connectivity index (χ0n) is 11.4. The first-order chi connectivity index (χ1) is 8.80. The lowest BCUT2D eigenvalue weighted by Crippen LogP contribution is -2.50. The van der Waals surface area contributed by atoms with Crippen LogP contribution in [0, 0.1) is 11.3 Å². The van der Waals surface area contributed by atoms with Gasteiger partial charge in [0.05, 0.1) is 6.10 Å². The van der Waals surface area contributed by atoms with Crippen molar-refractivity contribution in [1.29, 1.82) is 0 Å². The van der Waals surface area contributed by atoms with E-state index in [2.05, 4.69) is 9.79 Å². The molecule has 0 amide bonds. The van der Waals surface area contributed by atoms with Gasteiger partial charge in [-0.3, -0.25) is 5.26 Å². The smallest absolute Gasteiger partial charge is 0.0938 e. The first-order valence-corrected chi connectivity index (χ1v) is 7.82. The van der Waals surface area contributed by atoms with Crippen LogP contribution in [0.25, 0.3) is 0 Å². The quantitative estimate of drug-likeness (QED) is 0.619. The summed E-state index contributed by atoms with van der Waals surface area (Å²) in [5, 5.41) is 8.66. The third kappa shape index (κ3) is 2.73. The summed E-state index contributed by atoms with van der Waals surface area (Å²) in [7, 11) is 0. The van der Waals surface area contributed by atoms with Crippen molar-refractivity contribution >= 4 is 0 Å². The van der Waals surface area contributed by atoms with Crippen molar-refractivity contribution in [3.8, 4) is 0 Å². The molecule has 1 aliphatic heterocycles. The number of hydrogen-bond acceptors (Lipinski definition) is 3. The number of piperidine rings is 1. The fourth-order valence-electron chi connectivity index (χ4n) is 4.33. The summed E-state index contributed by atoms with van der Waals surface area (Å²) in [6.07, 6.45) is 12.2. The van der Waals surface area contributed by atoms with Crippen LogP contribution in [-0.4, -0.2) is 35.9 Å². The number of likely N-dealkylation sites (tertiary alicyclic amines) is 1. The minimum atomic E-state index is 0.134. The molecule has 2 aliphatic carbocycles. The number of rotatable bonds is 3. The molecule has 0 bridgehead atoms. The van der Waals surface area contributed by atoms with Gasteiger partial charge < -0.3 is 4.90 Å². The summed E-state index contributed by atoms with van der Waals surface area (Å²) < 4.78 is 0. The minimum absolute atomic E-state index is 0.134. The van der Waals surface area contributed by atoms with Gasteiger partial charge in [0.15, 0.2) is 0 Å². The highest BCUT2D eigenvalue weighted by Crippen LogP contribution is 2.50. The van der Waals surface area contributed by atoms with Gasteiger partial charge in [0.1, 0.15) is 0 Å². The van der Waals surface area contributed by atoms with Crippen LogP contribution < -0.4 is 0 Å². The molecule has 3 heteroatoms. The molecular weight excluding hydrogens is 226 g/mol. The molecule has 1 heterocycles. The Morgan fingerprint density at radius 3 is 2.33 bits per heavy atom. The van der Waals surface area contributed by atoms with Crippen LogP contribution in [0.3, 0.4) is 0 Å². The van der Waals surface area contributed by atoms with E-state index in [0.29, 0.717) is 5.41 Å². The lowest BCUT2D eigenvalue weighted by molar-refractivity contribution is -0.316. The molecule has 1 spiro atoms. The van der Waals surface area contributed by atoms with Crippen LogP contribution in [0.15, 0.2) is 0 Å². The molecule has 2 saturated carbocycles. The van der Waals surface area contributed by atoms with Crippen molar-refractivity contribution in [3.63, 3.8) is 0 Å². The van der Waals surface area contributed by atoms with Crippen molar-refractivity contribution < 1.29 is 10.1 Å². The first kappa shape index (κ1) is 12.9. The van der Waals surface area contributed by atoms with Crippen LogP contribution >= 0.6 is 0 Å². The van der Waals surface area contributed by atoms with Crippen molar-refractivity contribution in [2.75, 3.05) is 19.6 Å². The molecule has 0 aromatic carbocycles. The van der Waals surface area contributed by atoms with Gasteiger partial charge in [-0.05, 0) is 62.9 Å². The van der Waals surface area contributed by atoms with Crippen LogP contribution in [0.1, 0.15) is 57.8 Å². The molecule has 104 valence electrons. The topological polar surface area (TPSA) is 32.7 Å². The van der Waals surface area contributed by atoms with Crippen LogP contribution in [-0.2, 0) is 4.89 Å². The third-order valence-electron chi connectivity index (χ3n) is 5.63. The van der Waals surface area contributed by atoms with E-state index in [9.17, 15) is 0 Å². The van der Waals surface area contributed by atoms with Crippen molar-refractivity contribution in [3.05, 3.63) is 0 Å². The first-order valence-electron chi connectivity index (χ1n) is 7.82. The van der Waals surface area contributed by atoms with Gasteiger partial charge in [-0.2, -0.15) is 0 Å². The molecule has 0 aromatic rings. The maximum absolute atomic E-state index is 8.66. The largest absolute Gasteiger partial charge is 0.303 e. The van der Waals surface area contributed by atoms with E-state index < -0.39 is 0 Å². The minimum Gasteiger partial charge on any atom is -0.303 e. The molecule has 0 unspecified atom stereocenters. The van der Waals surface area contributed by atoms with Crippen LogP contribution in [0.4, 0.5) is 0 Å². The summed E-state index contributed by atoms with van der Waals surface area (Å²) in [5.74, 6) is 0.975. The highest BCUT2D eigenvalue weighted by Gasteiger charge is 2.46. The van der Waals surface area contributed by atoms with Gasteiger partial charge in [-0.15, -0.1) is 0 Å². The predicted molar refractivity (Wildman–Crippen MR) is 71.4 cm³/mol. The molecular formula is C15H27NO2. The molecule has 0 radical (unpaired) electrons. The predicted octanol–water partition coefficient (Wildman–Crippen LogP) is 3.30. The Kier molecular flexibility index (Phi) is 3.92. The van der Waals surface area contributed by atoms with Gasteiger partial charge in [0.2, 0.25) is 0 Å². The van der Waals surface area contributed by atoms with Crippen molar-refractivity contribution in [1.82, 2.24) is 4.90 Å². The Morgan fingerprint density at radius 2 is 1.72 bits per heavy atom. The van der Waals surface area contributed by atoms with Gasteiger partial charge >= 0.3 is 0 Å². The SMILES string of the molecule is OOC1CC2(CCN(CC3CCCCC3)CC2)C1. The molecule has 18 heavy (non-hydrogen) atoms. The molecule has 3 nitrogen and oxygen atoms in total. The van der Waals surface area contributed by atoms with Gasteiger partial charge in [-0.25, -0.2) is 4.89 Å². The lowest BCUT2D eigenvalue weighted by Gasteiger charge is -2.51. The Morgan fingerprint density at radius 1 is 1.06 bits per heavy atom. The van der Waals surface area contributed by atoms with Gasteiger partial charge in [0.25, 0.3) is 0 Å². The van der Waals surface area contributed by atoms with Crippen molar-refractivity contribution in [2.24, 2.45) is 11.3 Å². The molecule has 1 saturated heterocycles. The fourth-order valence-corrected chi connectivity index (χ4v) is 4.33. The molecule has 1 N–H and O–H groups in total. The van der Waals surface area contributed by atoms with Crippen LogP contribution in [0.5, 0.6) is 0 Å². The summed E-state index contributed by atoms with van der Waals surface area (Å²) in [5.41, 5.74) is 0.524. The Balaban J connectivity index is 1.40. The number of nitrogens with zero attached hydrogens (tertiary/aromatic N) is 1. The van der Waals surface area contributed by atoms with Crippen LogP contribution in [0.2, 0.25) is 0 Å². The maximum Gasteiger partial charge on any atom is 0.0938 e. The van der Waals surface area contributed by atoms with E-state index in [1.165, 1.54) is 64.6 Å². The monoisotopic (exact) mass is 253 g/mol. The average molecular weight is 253 g/mol. The normalized spacial score (nSPS) is 30.5.